The molecule has 0 saturated carbocycles. The van der Waals surface area contributed by atoms with Gasteiger partial charge in [-0.2, -0.15) is 5.10 Å². The summed E-state index contributed by atoms with van der Waals surface area (Å²) in [7, 11) is 0. The number of hydrazone groups is 1. The van der Waals surface area contributed by atoms with Gasteiger partial charge in [-0.1, -0.05) is 24.3 Å². The quantitative estimate of drug-likeness (QED) is 0.412. The van der Waals surface area contributed by atoms with E-state index in [1.807, 2.05) is 42.5 Å². The summed E-state index contributed by atoms with van der Waals surface area (Å²) in [4.78, 5) is 17.6. The van der Waals surface area contributed by atoms with Gasteiger partial charge < -0.3 is 8.83 Å². The minimum Gasteiger partial charge on any atom is -0.467 e. The van der Waals surface area contributed by atoms with Gasteiger partial charge >= 0.3 is 0 Å². The van der Waals surface area contributed by atoms with Crippen molar-refractivity contribution in [1.29, 1.82) is 0 Å². The molecule has 0 radical (unpaired) electrons. The number of nitrogens with zero attached hydrogens (tertiary/aromatic N) is 7. The van der Waals surface area contributed by atoms with Crippen LogP contribution in [0.5, 0.6) is 0 Å². The molecule has 1 aliphatic rings. The maximum atomic E-state index is 13.4. The number of para-hydroxylation sites is 1. The molecule has 162 valence electrons. The minimum atomic E-state index is -0.398. The van der Waals surface area contributed by atoms with Gasteiger partial charge in [0.05, 0.1) is 6.26 Å². The van der Waals surface area contributed by atoms with Crippen LogP contribution in [0.4, 0.5) is 0 Å². The molecule has 4 aromatic heterocycles. The largest absolute Gasteiger partial charge is 0.467 e. The SMILES string of the molecule is O=C(Cn1nnnc1-c1ccccn1)N1N=C(c2cc3ccccc3o2)CC1c1ccco1. The number of pyridine rings is 1. The third-order valence-corrected chi connectivity index (χ3v) is 5.46. The number of fused-ring (bicyclic) bond motifs is 1. The summed E-state index contributed by atoms with van der Waals surface area (Å²) < 4.78 is 13.0. The second-order valence-electron chi connectivity index (χ2n) is 7.54. The van der Waals surface area contributed by atoms with Crippen LogP contribution in [-0.4, -0.2) is 41.8 Å². The molecule has 5 heterocycles. The molecule has 1 aromatic carbocycles. The van der Waals surface area contributed by atoms with E-state index in [1.165, 1.54) is 9.69 Å². The summed E-state index contributed by atoms with van der Waals surface area (Å²) in [6, 6.07) is 18.3. The van der Waals surface area contributed by atoms with E-state index in [9.17, 15) is 4.79 Å². The molecule has 10 heteroatoms. The fraction of sp³-hybridized carbons (Fsp3) is 0.130. The highest BCUT2D eigenvalue weighted by atomic mass is 16.3. The molecule has 1 unspecified atom stereocenters. The molecule has 1 aliphatic heterocycles. The standard InChI is InChI=1S/C23H17N7O3/c31-22(14-29-23(25-27-28-29)16-7-3-4-10-24-16)30-18(20-9-5-11-32-20)13-17(26-30)21-12-15-6-1-2-8-19(15)33-21/h1-12,18H,13-14H2. The Morgan fingerprint density at radius 1 is 1.09 bits per heavy atom. The van der Waals surface area contributed by atoms with Gasteiger partial charge in [0.15, 0.2) is 5.76 Å². The summed E-state index contributed by atoms with van der Waals surface area (Å²) in [5.74, 6) is 1.38. The highest BCUT2D eigenvalue weighted by Crippen LogP contribution is 2.34. The van der Waals surface area contributed by atoms with E-state index < -0.39 is 6.04 Å². The molecular formula is C23H17N7O3. The Labute approximate surface area is 187 Å². The van der Waals surface area contributed by atoms with Crippen LogP contribution in [0, 0.1) is 0 Å². The van der Waals surface area contributed by atoms with E-state index >= 15 is 0 Å². The Balaban J connectivity index is 1.33. The first kappa shape index (κ1) is 19.1. The second-order valence-corrected chi connectivity index (χ2v) is 7.54. The fourth-order valence-electron chi connectivity index (χ4n) is 3.91. The van der Waals surface area contributed by atoms with Crippen LogP contribution in [-0.2, 0) is 11.3 Å². The normalized spacial score (nSPS) is 15.8. The third-order valence-electron chi connectivity index (χ3n) is 5.46. The molecule has 0 spiro atoms. The Bertz CT molecular complexity index is 1420. The van der Waals surface area contributed by atoms with E-state index in [4.69, 9.17) is 8.83 Å². The predicted molar refractivity (Wildman–Crippen MR) is 117 cm³/mol. The number of benzene rings is 1. The molecule has 1 atom stereocenters. The zero-order valence-corrected chi connectivity index (χ0v) is 17.3. The molecule has 33 heavy (non-hydrogen) atoms. The van der Waals surface area contributed by atoms with Gasteiger partial charge in [-0.25, -0.2) is 9.69 Å². The Hall–Kier alpha value is -4.60. The van der Waals surface area contributed by atoms with E-state index in [1.54, 1.807) is 30.7 Å². The van der Waals surface area contributed by atoms with Crippen LogP contribution in [0.15, 0.2) is 87.1 Å². The lowest BCUT2D eigenvalue weighted by Crippen LogP contribution is -2.30. The number of tetrazole rings is 1. The Kier molecular flexibility index (Phi) is 4.53. The molecular weight excluding hydrogens is 422 g/mol. The molecule has 6 rings (SSSR count). The smallest absolute Gasteiger partial charge is 0.265 e. The van der Waals surface area contributed by atoms with Crippen LogP contribution in [0.3, 0.4) is 0 Å². The molecule has 1 amide bonds. The van der Waals surface area contributed by atoms with Crippen LogP contribution in [0.25, 0.3) is 22.5 Å². The molecule has 5 aromatic rings. The van der Waals surface area contributed by atoms with Gasteiger partial charge in [0.1, 0.15) is 35.3 Å². The van der Waals surface area contributed by atoms with Crippen molar-refractivity contribution in [3.05, 3.63) is 84.6 Å². The summed E-state index contributed by atoms with van der Waals surface area (Å²) in [6.07, 6.45) is 3.69. The van der Waals surface area contributed by atoms with Crippen molar-refractivity contribution in [2.24, 2.45) is 5.10 Å². The molecule has 0 N–H and O–H groups in total. The summed E-state index contributed by atoms with van der Waals surface area (Å²) in [5, 5.41) is 18.7. The van der Waals surface area contributed by atoms with Crippen molar-refractivity contribution in [2.45, 2.75) is 19.0 Å². The van der Waals surface area contributed by atoms with Gasteiger partial charge in [-0.05, 0) is 46.8 Å². The van der Waals surface area contributed by atoms with E-state index in [-0.39, 0.29) is 12.5 Å². The van der Waals surface area contributed by atoms with Crippen molar-refractivity contribution in [1.82, 2.24) is 30.2 Å². The maximum Gasteiger partial charge on any atom is 0.265 e. The topological polar surface area (TPSA) is 115 Å². The number of carbonyl (C=O) groups excluding carboxylic acids is 1. The van der Waals surface area contributed by atoms with Crippen LogP contribution < -0.4 is 0 Å². The zero-order chi connectivity index (χ0) is 22.2. The highest BCUT2D eigenvalue weighted by Gasteiger charge is 2.36. The average molecular weight is 439 g/mol. The lowest BCUT2D eigenvalue weighted by molar-refractivity contribution is -0.134. The first-order valence-electron chi connectivity index (χ1n) is 10.4. The number of hydrogen-bond donors (Lipinski definition) is 0. The lowest BCUT2D eigenvalue weighted by Gasteiger charge is -2.19. The average Bonchev–Trinajstić information content (AvgIpc) is 3.64. The summed E-state index contributed by atoms with van der Waals surface area (Å²) in [6.45, 7) is -0.104. The van der Waals surface area contributed by atoms with Gasteiger partial charge in [0.25, 0.3) is 5.91 Å². The van der Waals surface area contributed by atoms with Gasteiger partial charge in [0, 0.05) is 18.0 Å². The van der Waals surface area contributed by atoms with Crippen LogP contribution in [0.1, 0.15) is 24.0 Å². The molecule has 10 nitrogen and oxygen atoms in total. The van der Waals surface area contributed by atoms with Crippen molar-refractivity contribution in [3.8, 4) is 11.5 Å². The number of furan rings is 2. The highest BCUT2D eigenvalue weighted by molar-refractivity contribution is 6.03. The maximum absolute atomic E-state index is 13.4. The molecule has 0 aliphatic carbocycles. The number of rotatable bonds is 5. The van der Waals surface area contributed by atoms with Gasteiger partial charge in [-0.15, -0.1) is 5.10 Å². The first-order chi connectivity index (χ1) is 16.3. The van der Waals surface area contributed by atoms with E-state index in [2.05, 4.69) is 25.6 Å². The Morgan fingerprint density at radius 2 is 2.00 bits per heavy atom. The second kappa shape index (κ2) is 7.83. The number of amides is 1. The Morgan fingerprint density at radius 3 is 2.82 bits per heavy atom. The van der Waals surface area contributed by atoms with Gasteiger partial charge in [-0.3, -0.25) is 9.78 Å². The summed E-state index contributed by atoms with van der Waals surface area (Å²) >= 11 is 0. The predicted octanol–water partition coefficient (Wildman–Crippen LogP) is 3.45. The van der Waals surface area contributed by atoms with Crippen LogP contribution in [0.2, 0.25) is 0 Å². The molecule has 0 saturated heterocycles. The number of hydrogen-bond acceptors (Lipinski definition) is 8. The minimum absolute atomic E-state index is 0.104. The summed E-state index contributed by atoms with van der Waals surface area (Å²) in [5.41, 5.74) is 2.01. The van der Waals surface area contributed by atoms with E-state index in [0.717, 1.165) is 11.0 Å². The van der Waals surface area contributed by atoms with Crippen molar-refractivity contribution < 1.29 is 13.6 Å². The lowest BCUT2D eigenvalue weighted by atomic mass is 10.1. The van der Waals surface area contributed by atoms with Crippen LogP contribution >= 0.6 is 0 Å². The van der Waals surface area contributed by atoms with Crippen molar-refractivity contribution in [3.63, 3.8) is 0 Å². The third kappa shape index (κ3) is 3.47. The van der Waals surface area contributed by atoms with E-state index in [0.29, 0.717) is 35.2 Å². The first-order valence-corrected chi connectivity index (χ1v) is 10.4. The zero-order valence-electron chi connectivity index (χ0n) is 17.3. The van der Waals surface area contributed by atoms with Gasteiger partial charge in [0.2, 0.25) is 5.82 Å². The van der Waals surface area contributed by atoms with Crippen molar-refractivity contribution in [2.75, 3.05) is 0 Å². The molecule has 0 bridgehead atoms. The monoisotopic (exact) mass is 439 g/mol. The molecule has 0 fully saturated rings. The number of carbonyl (C=O) groups is 1. The fourth-order valence-corrected chi connectivity index (χ4v) is 3.91. The number of aromatic nitrogens is 5. The van der Waals surface area contributed by atoms with Crippen molar-refractivity contribution >= 4 is 22.6 Å².